The van der Waals surface area contributed by atoms with Crippen LogP contribution >= 0.6 is 0 Å². The van der Waals surface area contributed by atoms with Crippen molar-refractivity contribution in [3.05, 3.63) is 54.1 Å². The molecule has 0 radical (unpaired) electrons. The second-order valence-corrected chi connectivity index (χ2v) is 8.08. The molecule has 1 saturated heterocycles. The van der Waals surface area contributed by atoms with Crippen LogP contribution in [-0.2, 0) is 4.79 Å². The average molecular weight is 382 g/mol. The summed E-state index contributed by atoms with van der Waals surface area (Å²) in [5, 5.41) is 6.45. The molecule has 2 aromatic carbocycles. The van der Waals surface area contributed by atoms with E-state index in [2.05, 4.69) is 46.7 Å². The molecule has 0 spiro atoms. The first kappa shape index (κ1) is 20.1. The zero-order chi connectivity index (χ0) is 20.1. The van der Waals surface area contributed by atoms with E-state index in [0.29, 0.717) is 12.5 Å². The predicted octanol–water partition coefficient (Wildman–Crippen LogP) is 3.84. The molecule has 1 atom stereocenters. The number of ether oxygens (including phenoxy) is 1. The van der Waals surface area contributed by atoms with E-state index >= 15 is 0 Å². The zero-order valence-electron chi connectivity index (χ0n) is 17.3. The normalized spacial score (nSPS) is 16.7. The Kier molecular flexibility index (Phi) is 6.12. The lowest BCUT2D eigenvalue weighted by molar-refractivity contribution is -0.124. The van der Waals surface area contributed by atoms with E-state index < -0.39 is 5.54 Å². The van der Waals surface area contributed by atoms with E-state index in [-0.39, 0.29) is 5.91 Å². The first-order valence-corrected chi connectivity index (χ1v) is 9.90. The number of carbonyl (C=O) groups is 1. The molecule has 0 aromatic heterocycles. The van der Waals surface area contributed by atoms with E-state index in [9.17, 15) is 4.79 Å². The van der Waals surface area contributed by atoms with Gasteiger partial charge in [0.15, 0.2) is 0 Å². The van der Waals surface area contributed by atoms with E-state index in [1.54, 1.807) is 7.11 Å². The molecule has 2 aromatic rings. The van der Waals surface area contributed by atoms with Gasteiger partial charge in [0.2, 0.25) is 5.91 Å². The first-order chi connectivity index (χ1) is 13.4. The third kappa shape index (κ3) is 4.77. The summed E-state index contributed by atoms with van der Waals surface area (Å²) in [7, 11) is 1.64. The van der Waals surface area contributed by atoms with Crippen molar-refractivity contribution in [2.24, 2.45) is 5.92 Å². The molecule has 0 unspecified atom stereocenters. The fraction of sp³-hybridized carbons (Fsp3) is 0.435. The number of para-hydroxylation sites is 1. The Morgan fingerprint density at radius 1 is 1.18 bits per heavy atom. The SMILES string of the molecule is COc1ccc(NC(C)(C)C(=O)NC[C@H]2CCN(c3ccccc3C)C2)cc1. The number of carbonyl (C=O) groups excluding carboxylic acids is 1. The fourth-order valence-electron chi connectivity index (χ4n) is 3.69. The molecule has 28 heavy (non-hydrogen) atoms. The Labute approximate surface area is 168 Å². The minimum Gasteiger partial charge on any atom is -0.497 e. The topological polar surface area (TPSA) is 53.6 Å². The predicted molar refractivity (Wildman–Crippen MR) is 115 cm³/mol. The maximum absolute atomic E-state index is 12.7. The molecule has 5 heteroatoms. The molecule has 5 nitrogen and oxygen atoms in total. The van der Waals surface area contributed by atoms with Gasteiger partial charge < -0.3 is 20.3 Å². The van der Waals surface area contributed by atoms with Gasteiger partial charge in [-0.15, -0.1) is 0 Å². The van der Waals surface area contributed by atoms with Gasteiger partial charge in [-0.1, -0.05) is 18.2 Å². The Balaban J connectivity index is 1.51. The molecule has 150 valence electrons. The number of nitrogens with one attached hydrogen (secondary N) is 2. The molecule has 2 N–H and O–H groups in total. The van der Waals surface area contributed by atoms with Gasteiger partial charge in [-0.2, -0.15) is 0 Å². The Morgan fingerprint density at radius 2 is 1.89 bits per heavy atom. The molecule has 1 amide bonds. The van der Waals surface area contributed by atoms with Gasteiger partial charge in [0.1, 0.15) is 11.3 Å². The highest BCUT2D eigenvalue weighted by Gasteiger charge is 2.29. The highest BCUT2D eigenvalue weighted by Crippen LogP contribution is 2.26. The van der Waals surface area contributed by atoms with Crippen molar-refractivity contribution in [1.82, 2.24) is 5.32 Å². The summed E-state index contributed by atoms with van der Waals surface area (Å²) < 4.78 is 5.18. The Morgan fingerprint density at radius 3 is 2.57 bits per heavy atom. The minimum atomic E-state index is -0.692. The Hall–Kier alpha value is -2.69. The van der Waals surface area contributed by atoms with Gasteiger partial charge in [-0.05, 0) is 69.0 Å². The number of hydrogen-bond acceptors (Lipinski definition) is 4. The van der Waals surface area contributed by atoms with Gasteiger partial charge in [0.05, 0.1) is 7.11 Å². The molecule has 1 heterocycles. The number of anilines is 2. The highest BCUT2D eigenvalue weighted by molar-refractivity contribution is 5.88. The lowest BCUT2D eigenvalue weighted by Gasteiger charge is -2.27. The van der Waals surface area contributed by atoms with Crippen molar-refractivity contribution in [3.63, 3.8) is 0 Å². The van der Waals surface area contributed by atoms with Crippen LogP contribution in [0.3, 0.4) is 0 Å². The summed E-state index contributed by atoms with van der Waals surface area (Å²) >= 11 is 0. The largest absolute Gasteiger partial charge is 0.497 e. The van der Waals surface area contributed by atoms with Crippen molar-refractivity contribution < 1.29 is 9.53 Å². The van der Waals surface area contributed by atoms with Crippen LogP contribution in [0.15, 0.2) is 48.5 Å². The van der Waals surface area contributed by atoms with Crippen LogP contribution in [0.2, 0.25) is 0 Å². The number of hydrogen-bond donors (Lipinski definition) is 2. The van der Waals surface area contributed by atoms with Crippen LogP contribution < -0.4 is 20.3 Å². The van der Waals surface area contributed by atoms with Crippen LogP contribution in [0.1, 0.15) is 25.8 Å². The molecular formula is C23H31N3O2. The third-order valence-corrected chi connectivity index (χ3v) is 5.41. The van der Waals surface area contributed by atoms with E-state index in [1.165, 1.54) is 11.3 Å². The molecule has 3 rings (SSSR count). The van der Waals surface area contributed by atoms with Crippen LogP contribution in [0.25, 0.3) is 0 Å². The summed E-state index contributed by atoms with van der Waals surface area (Å²) in [6.07, 6.45) is 1.10. The summed E-state index contributed by atoms with van der Waals surface area (Å²) in [6.45, 7) is 8.69. The summed E-state index contributed by atoms with van der Waals surface area (Å²) in [4.78, 5) is 15.2. The monoisotopic (exact) mass is 381 g/mol. The van der Waals surface area contributed by atoms with Gasteiger partial charge in [0, 0.05) is 31.0 Å². The molecule has 0 aliphatic carbocycles. The molecule has 1 fully saturated rings. The number of methoxy groups -OCH3 is 1. The van der Waals surface area contributed by atoms with E-state index in [1.807, 2.05) is 38.1 Å². The highest BCUT2D eigenvalue weighted by atomic mass is 16.5. The number of rotatable bonds is 7. The smallest absolute Gasteiger partial charge is 0.245 e. The van der Waals surface area contributed by atoms with Crippen molar-refractivity contribution in [2.45, 2.75) is 32.7 Å². The van der Waals surface area contributed by atoms with Crippen molar-refractivity contribution in [2.75, 3.05) is 37.0 Å². The van der Waals surface area contributed by atoms with Crippen molar-refractivity contribution in [1.29, 1.82) is 0 Å². The maximum Gasteiger partial charge on any atom is 0.245 e. The standard InChI is InChI=1S/C23H31N3O2/c1-17-7-5-6-8-21(17)26-14-13-18(16-26)15-24-22(27)23(2,3)25-19-9-11-20(28-4)12-10-19/h5-12,18,25H,13-16H2,1-4H3,(H,24,27)/t18-/m1/s1. The van der Waals surface area contributed by atoms with Crippen LogP contribution in [0.4, 0.5) is 11.4 Å². The summed E-state index contributed by atoms with van der Waals surface area (Å²) in [5.41, 5.74) is 2.81. The quantitative estimate of drug-likeness (QED) is 0.765. The summed E-state index contributed by atoms with van der Waals surface area (Å²) in [6, 6.07) is 16.1. The molecule has 1 aliphatic heterocycles. The van der Waals surface area contributed by atoms with E-state index in [4.69, 9.17) is 4.74 Å². The second kappa shape index (κ2) is 8.55. The van der Waals surface area contributed by atoms with E-state index in [0.717, 1.165) is 30.9 Å². The van der Waals surface area contributed by atoms with Crippen molar-refractivity contribution >= 4 is 17.3 Å². The number of nitrogens with zero attached hydrogens (tertiary/aromatic N) is 1. The second-order valence-electron chi connectivity index (χ2n) is 8.08. The first-order valence-electron chi connectivity index (χ1n) is 9.90. The lowest BCUT2D eigenvalue weighted by atomic mass is 10.0. The van der Waals surface area contributed by atoms with Gasteiger partial charge in [-0.3, -0.25) is 4.79 Å². The number of aryl methyl sites for hydroxylation is 1. The molecular weight excluding hydrogens is 350 g/mol. The van der Waals surface area contributed by atoms with Crippen LogP contribution in [0.5, 0.6) is 5.75 Å². The van der Waals surface area contributed by atoms with Crippen LogP contribution in [0, 0.1) is 12.8 Å². The van der Waals surface area contributed by atoms with Crippen molar-refractivity contribution in [3.8, 4) is 5.75 Å². The average Bonchev–Trinajstić information content (AvgIpc) is 3.15. The number of benzene rings is 2. The fourth-order valence-corrected chi connectivity index (χ4v) is 3.69. The van der Waals surface area contributed by atoms with Crippen LogP contribution in [-0.4, -0.2) is 38.2 Å². The minimum absolute atomic E-state index is 0.0117. The Bertz CT molecular complexity index is 802. The third-order valence-electron chi connectivity index (χ3n) is 5.41. The molecule has 1 aliphatic rings. The maximum atomic E-state index is 12.7. The molecule has 0 bridgehead atoms. The lowest BCUT2D eigenvalue weighted by Crippen LogP contribution is -2.49. The van der Waals surface area contributed by atoms with Gasteiger partial charge in [-0.25, -0.2) is 0 Å². The molecule has 0 saturated carbocycles. The summed E-state index contributed by atoms with van der Waals surface area (Å²) in [5.74, 6) is 1.28. The number of amides is 1. The van der Waals surface area contributed by atoms with Gasteiger partial charge in [0.25, 0.3) is 0 Å². The van der Waals surface area contributed by atoms with Gasteiger partial charge >= 0.3 is 0 Å². The zero-order valence-corrected chi connectivity index (χ0v) is 17.3.